The molecule has 0 saturated heterocycles. The largest absolute Gasteiger partial charge is 0.378 e. The van der Waals surface area contributed by atoms with E-state index in [0.29, 0.717) is 18.6 Å². The Labute approximate surface area is 157 Å². The Morgan fingerprint density at radius 2 is 2.12 bits per heavy atom. The van der Waals surface area contributed by atoms with Gasteiger partial charge in [-0.2, -0.15) is 5.10 Å². The van der Waals surface area contributed by atoms with Crippen LogP contribution in [0.2, 0.25) is 0 Å². The Morgan fingerprint density at radius 1 is 1.27 bits per heavy atom. The molecule has 4 rings (SSSR count). The van der Waals surface area contributed by atoms with Crippen LogP contribution in [-0.2, 0) is 11.3 Å². The van der Waals surface area contributed by atoms with Crippen molar-refractivity contribution in [3.63, 3.8) is 0 Å². The Balaban J connectivity index is 1.78. The van der Waals surface area contributed by atoms with Crippen LogP contribution in [0.4, 0.5) is 5.95 Å². The standard InChI is InChI=1S/C19H23N5OS/c1-25-12-15-18(16-8-5-9-17(26-2)24(16)23-15)14-10-11-20-19(22-14)21-13-6-3-4-7-13/h5,8-11,13H,3-4,6-7,12H2,1-2H3,(H,20,21,22). The molecule has 1 aliphatic carbocycles. The van der Waals surface area contributed by atoms with E-state index in [1.807, 2.05) is 16.8 Å². The van der Waals surface area contributed by atoms with Crippen LogP contribution < -0.4 is 5.32 Å². The lowest BCUT2D eigenvalue weighted by Crippen LogP contribution is -2.16. The van der Waals surface area contributed by atoms with Crippen molar-refractivity contribution in [1.82, 2.24) is 19.6 Å². The molecule has 6 nitrogen and oxygen atoms in total. The van der Waals surface area contributed by atoms with Gasteiger partial charge < -0.3 is 10.1 Å². The second kappa shape index (κ2) is 7.63. The summed E-state index contributed by atoms with van der Waals surface area (Å²) < 4.78 is 7.36. The summed E-state index contributed by atoms with van der Waals surface area (Å²) >= 11 is 1.67. The second-order valence-electron chi connectivity index (χ2n) is 6.51. The van der Waals surface area contributed by atoms with Gasteiger partial charge in [0.1, 0.15) is 0 Å². The van der Waals surface area contributed by atoms with Crippen molar-refractivity contribution in [1.29, 1.82) is 0 Å². The van der Waals surface area contributed by atoms with Gasteiger partial charge in [-0.05, 0) is 37.3 Å². The van der Waals surface area contributed by atoms with Crippen LogP contribution in [0.15, 0.2) is 35.5 Å². The Morgan fingerprint density at radius 3 is 2.88 bits per heavy atom. The van der Waals surface area contributed by atoms with Crippen molar-refractivity contribution >= 4 is 23.2 Å². The maximum atomic E-state index is 5.39. The lowest BCUT2D eigenvalue weighted by atomic mass is 10.1. The molecule has 0 aromatic carbocycles. The van der Waals surface area contributed by atoms with Gasteiger partial charge in [-0.1, -0.05) is 18.9 Å². The molecule has 0 atom stereocenters. The predicted octanol–water partition coefficient (Wildman–Crippen LogP) is 4.01. The maximum absolute atomic E-state index is 5.39. The van der Waals surface area contributed by atoms with E-state index in [9.17, 15) is 0 Å². The van der Waals surface area contributed by atoms with Crippen LogP contribution in [0.3, 0.4) is 0 Å². The van der Waals surface area contributed by atoms with Gasteiger partial charge in [0.25, 0.3) is 0 Å². The van der Waals surface area contributed by atoms with Gasteiger partial charge in [0.15, 0.2) is 0 Å². The number of anilines is 1. The third-order valence-corrected chi connectivity index (χ3v) is 5.51. The Bertz CT molecular complexity index is 904. The van der Waals surface area contributed by atoms with Crippen molar-refractivity contribution in [3.8, 4) is 11.3 Å². The predicted molar refractivity (Wildman–Crippen MR) is 105 cm³/mol. The third-order valence-electron chi connectivity index (χ3n) is 4.79. The molecular weight excluding hydrogens is 346 g/mol. The first-order valence-electron chi connectivity index (χ1n) is 8.93. The molecule has 7 heteroatoms. The first kappa shape index (κ1) is 17.3. The average molecular weight is 369 g/mol. The van der Waals surface area contributed by atoms with Crippen LogP contribution in [-0.4, -0.2) is 39.0 Å². The summed E-state index contributed by atoms with van der Waals surface area (Å²) in [5.41, 5.74) is 3.81. The molecule has 0 spiro atoms. The zero-order valence-corrected chi connectivity index (χ0v) is 15.9. The molecule has 1 fully saturated rings. The van der Waals surface area contributed by atoms with Gasteiger partial charge in [0.05, 0.1) is 34.1 Å². The van der Waals surface area contributed by atoms with E-state index in [2.05, 4.69) is 34.8 Å². The Hall–Kier alpha value is -2.12. The summed E-state index contributed by atoms with van der Waals surface area (Å²) in [6, 6.07) is 8.63. The monoisotopic (exact) mass is 369 g/mol. The topological polar surface area (TPSA) is 64.3 Å². The number of thioether (sulfide) groups is 1. The molecule has 3 aromatic rings. The van der Waals surface area contributed by atoms with Crippen molar-refractivity contribution in [3.05, 3.63) is 36.2 Å². The van der Waals surface area contributed by atoms with Crippen LogP contribution in [0.1, 0.15) is 31.4 Å². The zero-order valence-electron chi connectivity index (χ0n) is 15.1. The number of rotatable bonds is 6. The fourth-order valence-corrected chi connectivity index (χ4v) is 4.11. The van der Waals surface area contributed by atoms with E-state index >= 15 is 0 Å². The van der Waals surface area contributed by atoms with Gasteiger partial charge in [0, 0.05) is 19.3 Å². The highest BCUT2D eigenvalue weighted by Crippen LogP contribution is 2.31. The first-order valence-corrected chi connectivity index (χ1v) is 10.2. The minimum absolute atomic E-state index is 0.445. The maximum Gasteiger partial charge on any atom is 0.223 e. The highest BCUT2D eigenvalue weighted by Gasteiger charge is 2.19. The third kappa shape index (κ3) is 3.29. The number of hydrogen-bond donors (Lipinski definition) is 1. The normalized spacial score (nSPS) is 15.0. The number of fused-ring (bicyclic) bond motifs is 1. The van der Waals surface area contributed by atoms with Crippen molar-refractivity contribution in [2.24, 2.45) is 0 Å². The quantitative estimate of drug-likeness (QED) is 0.662. The minimum Gasteiger partial charge on any atom is -0.378 e. The van der Waals surface area contributed by atoms with Crippen LogP contribution in [0.5, 0.6) is 0 Å². The molecule has 3 aromatic heterocycles. The van der Waals surface area contributed by atoms with E-state index in [1.54, 1.807) is 18.9 Å². The summed E-state index contributed by atoms with van der Waals surface area (Å²) in [5.74, 6) is 0.693. The van der Waals surface area contributed by atoms with Gasteiger partial charge >= 0.3 is 0 Å². The van der Waals surface area contributed by atoms with E-state index < -0.39 is 0 Å². The molecule has 136 valence electrons. The minimum atomic E-state index is 0.445. The molecule has 1 saturated carbocycles. The van der Waals surface area contributed by atoms with E-state index in [1.165, 1.54) is 25.7 Å². The average Bonchev–Trinajstić information content (AvgIpc) is 3.29. The van der Waals surface area contributed by atoms with Crippen LogP contribution in [0, 0.1) is 0 Å². The van der Waals surface area contributed by atoms with E-state index in [-0.39, 0.29) is 0 Å². The van der Waals surface area contributed by atoms with E-state index in [4.69, 9.17) is 14.8 Å². The summed E-state index contributed by atoms with van der Waals surface area (Å²) in [6.45, 7) is 0.445. The molecule has 1 aliphatic rings. The summed E-state index contributed by atoms with van der Waals surface area (Å²) in [5, 5.41) is 9.34. The fourth-order valence-electron chi connectivity index (χ4n) is 3.58. The molecule has 0 amide bonds. The van der Waals surface area contributed by atoms with Crippen LogP contribution >= 0.6 is 11.8 Å². The van der Waals surface area contributed by atoms with Crippen molar-refractivity contribution in [2.75, 3.05) is 18.7 Å². The Kier molecular flexibility index (Phi) is 5.08. The highest BCUT2D eigenvalue weighted by molar-refractivity contribution is 7.98. The van der Waals surface area contributed by atoms with Gasteiger partial charge in [0.2, 0.25) is 5.95 Å². The van der Waals surface area contributed by atoms with Crippen molar-refractivity contribution < 1.29 is 4.74 Å². The number of nitrogens with zero attached hydrogens (tertiary/aromatic N) is 4. The summed E-state index contributed by atoms with van der Waals surface area (Å²) in [6.07, 6.45) is 8.81. The van der Waals surface area contributed by atoms with Crippen LogP contribution in [0.25, 0.3) is 16.8 Å². The zero-order chi connectivity index (χ0) is 17.9. The molecule has 0 unspecified atom stereocenters. The highest BCUT2D eigenvalue weighted by atomic mass is 32.2. The molecule has 1 N–H and O–H groups in total. The number of pyridine rings is 1. The van der Waals surface area contributed by atoms with Crippen molar-refractivity contribution in [2.45, 2.75) is 43.4 Å². The number of ether oxygens (including phenoxy) is 1. The van der Waals surface area contributed by atoms with Gasteiger partial charge in [-0.3, -0.25) is 0 Å². The molecular formula is C19H23N5OS. The molecule has 3 heterocycles. The summed E-state index contributed by atoms with van der Waals surface area (Å²) in [7, 11) is 1.69. The molecule has 0 bridgehead atoms. The first-order chi connectivity index (χ1) is 12.8. The van der Waals surface area contributed by atoms with Gasteiger partial charge in [-0.15, -0.1) is 11.8 Å². The lowest BCUT2D eigenvalue weighted by Gasteiger charge is -2.12. The molecule has 26 heavy (non-hydrogen) atoms. The summed E-state index contributed by atoms with van der Waals surface area (Å²) in [4.78, 5) is 9.21. The number of nitrogens with one attached hydrogen (secondary N) is 1. The fraction of sp³-hybridized carbons (Fsp3) is 0.421. The lowest BCUT2D eigenvalue weighted by molar-refractivity contribution is 0.181. The number of aromatic nitrogens is 4. The molecule has 0 aliphatic heterocycles. The van der Waals surface area contributed by atoms with E-state index in [0.717, 1.165) is 27.5 Å². The second-order valence-corrected chi connectivity index (χ2v) is 7.34. The SMILES string of the molecule is COCc1nn2c(SC)cccc2c1-c1ccnc(NC2CCCC2)n1. The molecule has 0 radical (unpaired) electrons. The smallest absolute Gasteiger partial charge is 0.223 e. The van der Waals surface area contributed by atoms with Gasteiger partial charge in [-0.25, -0.2) is 14.5 Å². The number of methoxy groups -OCH3 is 1. The number of hydrogen-bond acceptors (Lipinski definition) is 6.